The van der Waals surface area contributed by atoms with Gasteiger partial charge in [-0.2, -0.15) is 0 Å². The van der Waals surface area contributed by atoms with Crippen LogP contribution in [0.15, 0.2) is 66.9 Å². The highest BCUT2D eigenvalue weighted by molar-refractivity contribution is 5.92. The van der Waals surface area contributed by atoms with Gasteiger partial charge in [0, 0.05) is 11.6 Å². The number of benzene rings is 2. The summed E-state index contributed by atoms with van der Waals surface area (Å²) in [5.74, 6) is 0.981. The molecule has 4 nitrogen and oxygen atoms in total. The first-order chi connectivity index (χ1) is 10.3. The first-order valence-electron chi connectivity index (χ1n) is 6.64. The zero-order valence-electron chi connectivity index (χ0n) is 11.3. The molecule has 1 N–H and O–H groups in total. The molecule has 1 aromatic heterocycles. The molecule has 0 radical (unpaired) electrons. The molecule has 0 unspecified atom stereocenters. The Morgan fingerprint density at radius 3 is 2.67 bits per heavy atom. The van der Waals surface area contributed by atoms with Gasteiger partial charge in [-0.05, 0) is 23.6 Å². The van der Waals surface area contributed by atoms with Gasteiger partial charge in [0.1, 0.15) is 11.6 Å². The van der Waals surface area contributed by atoms with Crippen molar-refractivity contribution in [2.24, 2.45) is 0 Å². The molecular weight excluding hydrogens is 264 g/mol. The zero-order chi connectivity index (χ0) is 14.5. The summed E-state index contributed by atoms with van der Waals surface area (Å²) < 4.78 is 5.61. The Morgan fingerprint density at radius 1 is 1.00 bits per heavy atom. The lowest BCUT2D eigenvalue weighted by molar-refractivity contribution is -0.118. The minimum Gasteiger partial charge on any atom is -0.483 e. The van der Waals surface area contributed by atoms with Crippen molar-refractivity contribution in [2.75, 3.05) is 11.9 Å². The Balaban J connectivity index is 1.68. The normalized spacial score (nSPS) is 10.3. The number of aromatic nitrogens is 1. The predicted octanol–water partition coefficient (Wildman–Crippen LogP) is 3.25. The summed E-state index contributed by atoms with van der Waals surface area (Å²) in [6.07, 6.45) is 1.63. The SMILES string of the molecule is O=C(COc1cccc2ccccc12)Nc1ccccn1. The van der Waals surface area contributed by atoms with Crippen LogP contribution in [0.2, 0.25) is 0 Å². The van der Waals surface area contributed by atoms with Gasteiger partial charge in [0.25, 0.3) is 5.91 Å². The van der Waals surface area contributed by atoms with Gasteiger partial charge in [0.05, 0.1) is 0 Å². The molecule has 4 heteroatoms. The second-order valence-electron chi connectivity index (χ2n) is 4.53. The highest BCUT2D eigenvalue weighted by atomic mass is 16.5. The van der Waals surface area contributed by atoms with Gasteiger partial charge in [0.15, 0.2) is 6.61 Å². The molecule has 0 spiro atoms. The average molecular weight is 278 g/mol. The molecule has 3 aromatic rings. The minimum absolute atomic E-state index is 0.0510. The zero-order valence-corrected chi connectivity index (χ0v) is 11.3. The average Bonchev–Trinajstić information content (AvgIpc) is 2.54. The lowest BCUT2D eigenvalue weighted by Crippen LogP contribution is -2.20. The predicted molar refractivity (Wildman–Crippen MR) is 82.3 cm³/mol. The number of nitrogens with zero attached hydrogens (tertiary/aromatic N) is 1. The highest BCUT2D eigenvalue weighted by Crippen LogP contribution is 2.24. The Kier molecular flexibility index (Phi) is 3.78. The second kappa shape index (κ2) is 6.05. The van der Waals surface area contributed by atoms with Crippen molar-refractivity contribution in [3.63, 3.8) is 0 Å². The van der Waals surface area contributed by atoms with Crippen LogP contribution >= 0.6 is 0 Å². The number of hydrogen-bond donors (Lipinski definition) is 1. The lowest BCUT2D eigenvalue weighted by Gasteiger charge is -2.09. The third-order valence-electron chi connectivity index (χ3n) is 3.04. The Hall–Kier alpha value is -2.88. The van der Waals surface area contributed by atoms with Gasteiger partial charge in [-0.1, -0.05) is 42.5 Å². The Morgan fingerprint density at radius 2 is 1.81 bits per heavy atom. The van der Waals surface area contributed by atoms with Crippen molar-refractivity contribution in [2.45, 2.75) is 0 Å². The third kappa shape index (κ3) is 3.17. The first kappa shape index (κ1) is 13.1. The van der Waals surface area contributed by atoms with Gasteiger partial charge in [-0.25, -0.2) is 4.98 Å². The summed E-state index contributed by atoms with van der Waals surface area (Å²) in [5.41, 5.74) is 0. The molecule has 1 heterocycles. The quantitative estimate of drug-likeness (QED) is 0.797. The summed E-state index contributed by atoms with van der Waals surface area (Å²) in [6, 6.07) is 19.0. The van der Waals surface area contributed by atoms with Crippen LogP contribution in [0.25, 0.3) is 10.8 Å². The van der Waals surface area contributed by atoms with Crippen molar-refractivity contribution >= 4 is 22.5 Å². The number of rotatable bonds is 4. The number of anilines is 1. The molecule has 0 aliphatic rings. The van der Waals surface area contributed by atoms with Crippen molar-refractivity contribution < 1.29 is 9.53 Å². The Bertz CT molecular complexity index is 752. The number of fused-ring (bicyclic) bond motifs is 1. The van der Waals surface area contributed by atoms with Crippen molar-refractivity contribution in [1.29, 1.82) is 0 Å². The third-order valence-corrected chi connectivity index (χ3v) is 3.04. The molecule has 0 saturated heterocycles. The monoisotopic (exact) mass is 278 g/mol. The molecule has 104 valence electrons. The van der Waals surface area contributed by atoms with Crippen LogP contribution in [0, 0.1) is 0 Å². The van der Waals surface area contributed by atoms with E-state index in [4.69, 9.17) is 4.74 Å². The van der Waals surface area contributed by atoms with Crippen molar-refractivity contribution in [3.8, 4) is 5.75 Å². The van der Waals surface area contributed by atoms with Crippen LogP contribution in [0.4, 0.5) is 5.82 Å². The standard InChI is InChI=1S/C17H14N2O2/c20-17(19-16-10-3-4-11-18-16)12-21-15-9-5-7-13-6-1-2-8-14(13)15/h1-11H,12H2,(H,18,19,20). The molecule has 0 aliphatic heterocycles. The molecule has 0 saturated carbocycles. The fourth-order valence-electron chi connectivity index (χ4n) is 2.08. The fraction of sp³-hybridized carbons (Fsp3) is 0.0588. The van der Waals surface area contributed by atoms with Crippen molar-refractivity contribution in [3.05, 3.63) is 66.9 Å². The lowest BCUT2D eigenvalue weighted by atomic mass is 10.1. The van der Waals surface area contributed by atoms with E-state index < -0.39 is 0 Å². The van der Waals surface area contributed by atoms with E-state index in [1.807, 2.05) is 48.5 Å². The van der Waals surface area contributed by atoms with Gasteiger partial charge in [-0.3, -0.25) is 4.79 Å². The van der Waals surface area contributed by atoms with E-state index in [0.717, 1.165) is 10.8 Å². The summed E-state index contributed by atoms with van der Waals surface area (Å²) in [7, 11) is 0. The van der Waals surface area contributed by atoms with Crippen LogP contribution in [0.3, 0.4) is 0 Å². The number of carbonyl (C=O) groups excluding carboxylic acids is 1. The van der Waals surface area contributed by atoms with Gasteiger partial charge in [-0.15, -0.1) is 0 Å². The van der Waals surface area contributed by atoms with Crippen LogP contribution in [0.1, 0.15) is 0 Å². The Labute approximate surface area is 122 Å². The molecule has 21 heavy (non-hydrogen) atoms. The maximum Gasteiger partial charge on any atom is 0.263 e. The first-order valence-corrected chi connectivity index (χ1v) is 6.64. The molecule has 0 bridgehead atoms. The van der Waals surface area contributed by atoms with Crippen LogP contribution in [-0.2, 0) is 4.79 Å². The molecule has 2 aromatic carbocycles. The maximum absolute atomic E-state index is 11.8. The van der Waals surface area contributed by atoms with Gasteiger partial charge < -0.3 is 10.1 Å². The van der Waals surface area contributed by atoms with Crippen LogP contribution < -0.4 is 10.1 Å². The number of nitrogens with one attached hydrogen (secondary N) is 1. The molecule has 1 amide bonds. The number of carbonyl (C=O) groups is 1. The van der Waals surface area contributed by atoms with E-state index in [0.29, 0.717) is 11.6 Å². The second-order valence-corrected chi connectivity index (χ2v) is 4.53. The van der Waals surface area contributed by atoms with E-state index in [1.165, 1.54) is 0 Å². The summed E-state index contributed by atoms with van der Waals surface area (Å²) in [5, 5.41) is 4.76. The largest absolute Gasteiger partial charge is 0.483 e. The molecule has 0 atom stereocenters. The molecule has 0 fully saturated rings. The number of ether oxygens (including phenoxy) is 1. The van der Waals surface area contributed by atoms with Gasteiger partial charge >= 0.3 is 0 Å². The number of hydrogen-bond acceptors (Lipinski definition) is 3. The smallest absolute Gasteiger partial charge is 0.263 e. The van der Waals surface area contributed by atoms with E-state index in [2.05, 4.69) is 10.3 Å². The van der Waals surface area contributed by atoms with Crippen LogP contribution in [0.5, 0.6) is 5.75 Å². The number of pyridine rings is 1. The number of amides is 1. The minimum atomic E-state index is -0.235. The van der Waals surface area contributed by atoms with E-state index in [1.54, 1.807) is 18.3 Å². The molecular formula is C17H14N2O2. The molecule has 0 aliphatic carbocycles. The van der Waals surface area contributed by atoms with Gasteiger partial charge in [0.2, 0.25) is 0 Å². The van der Waals surface area contributed by atoms with Crippen LogP contribution in [-0.4, -0.2) is 17.5 Å². The highest BCUT2D eigenvalue weighted by Gasteiger charge is 2.06. The van der Waals surface area contributed by atoms with E-state index >= 15 is 0 Å². The summed E-state index contributed by atoms with van der Waals surface area (Å²) in [6.45, 7) is -0.0510. The van der Waals surface area contributed by atoms with Crippen molar-refractivity contribution in [1.82, 2.24) is 4.98 Å². The topological polar surface area (TPSA) is 51.2 Å². The fourth-order valence-corrected chi connectivity index (χ4v) is 2.08. The molecule has 3 rings (SSSR count). The summed E-state index contributed by atoms with van der Waals surface area (Å²) >= 11 is 0. The summed E-state index contributed by atoms with van der Waals surface area (Å²) in [4.78, 5) is 15.9. The maximum atomic E-state index is 11.8. The van der Waals surface area contributed by atoms with E-state index in [-0.39, 0.29) is 12.5 Å². The van der Waals surface area contributed by atoms with E-state index in [9.17, 15) is 4.79 Å².